The summed E-state index contributed by atoms with van der Waals surface area (Å²) in [6.45, 7) is 5.46. The quantitative estimate of drug-likeness (QED) is 0.650. The molecule has 114 valence electrons. The summed E-state index contributed by atoms with van der Waals surface area (Å²) in [4.78, 5) is 4.51. The van der Waals surface area contributed by atoms with Crippen molar-refractivity contribution in [2.24, 2.45) is 0 Å². The highest BCUT2D eigenvalue weighted by Gasteiger charge is 2.05. The topological polar surface area (TPSA) is 24.9 Å². The number of pyridine rings is 1. The van der Waals surface area contributed by atoms with E-state index in [0.717, 1.165) is 12.1 Å². The lowest BCUT2D eigenvalue weighted by molar-refractivity contribution is 0.480. The number of unbranched alkanes of at least 4 members (excludes halogenated alkanes) is 4. The lowest BCUT2D eigenvalue weighted by Gasteiger charge is -2.14. The molecule has 0 aliphatic heterocycles. The zero-order valence-corrected chi connectivity index (χ0v) is 13.4. The van der Waals surface area contributed by atoms with Gasteiger partial charge in [-0.05, 0) is 25.0 Å². The zero-order chi connectivity index (χ0) is 14.9. The average Bonchev–Trinajstić information content (AvgIpc) is 2.52. The second-order valence-corrected chi connectivity index (χ2v) is 5.98. The van der Waals surface area contributed by atoms with Crippen LogP contribution in [0, 0.1) is 0 Å². The Labute approximate surface area is 129 Å². The fourth-order valence-corrected chi connectivity index (χ4v) is 2.75. The van der Waals surface area contributed by atoms with Crippen LogP contribution < -0.4 is 5.32 Å². The monoisotopic (exact) mass is 284 g/mol. The van der Waals surface area contributed by atoms with E-state index in [2.05, 4.69) is 48.4 Å². The third kappa shape index (κ3) is 5.13. The van der Waals surface area contributed by atoms with Gasteiger partial charge < -0.3 is 5.32 Å². The van der Waals surface area contributed by atoms with Gasteiger partial charge in [0.05, 0.1) is 5.52 Å². The normalized spacial score (nSPS) is 12.7. The molecule has 21 heavy (non-hydrogen) atoms. The van der Waals surface area contributed by atoms with Crippen LogP contribution in [0.5, 0.6) is 0 Å². The molecule has 2 heteroatoms. The van der Waals surface area contributed by atoms with E-state index >= 15 is 0 Å². The molecule has 0 spiro atoms. The van der Waals surface area contributed by atoms with Crippen LogP contribution in [0.2, 0.25) is 0 Å². The highest BCUT2D eigenvalue weighted by Crippen LogP contribution is 2.16. The van der Waals surface area contributed by atoms with Gasteiger partial charge in [0.15, 0.2) is 0 Å². The first-order chi connectivity index (χ1) is 10.3. The molecule has 1 N–H and O–H groups in total. The molecule has 2 rings (SSSR count). The van der Waals surface area contributed by atoms with Crippen LogP contribution in [0.1, 0.15) is 57.9 Å². The maximum absolute atomic E-state index is 4.51. The van der Waals surface area contributed by atoms with Gasteiger partial charge in [-0.15, -0.1) is 0 Å². The summed E-state index contributed by atoms with van der Waals surface area (Å²) in [7, 11) is 0. The van der Waals surface area contributed by atoms with Crippen molar-refractivity contribution in [3.63, 3.8) is 0 Å². The minimum atomic E-state index is 0.575. The van der Waals surface area contributed by atoms with Crippen LogP contribution in [0.15, 0.2) is 36.5 Å². The number of rotatable bonds is 9. The van der Waals surface area contributed by atoms with Crippen molar-refractivity contribution in [3.8, 4) is 0 Å². The fourth-order valence-electron chi connectivity index (χ4n) is 2.75. The van der Waals surface area contributed by atoms with Crippen LogP contribution in [0.25, 0.3) is 10.9 Å². The number of benzene rings is 1. The van der Waals surface area contributed by atoms with Crippen molar-refractivity contribution in [1.82, 2.24) is 10.3 Å². The summed E-state index contributed by atoms with van der Waals surface area (Å²) in [6, 6.07) is 11.1. The molecule has 0 aliphatic carbocycles. The summed E-state index contributed by atoms with van der Waals surface area (Å²) in [5.74, 6) is 0. The maximum Gasteiger partial charge on any atom is 0.0746 e. The summed E-state index contributed by atoms with van der Waals surface area (Å²) in [6.07, 6.45) is 9.93. The first kappa shape index (κ1) is 16.0. The predicted molar refractivity (Wildman–Crippen MR) is 91.4 cm³/mol. The largest absolute Gasteiger partial charge is 0.310 e. The minimum absolute atomic E-state index is 0.575. The average molecular weight is 284 g/mol. The molecule has 2 aromatic rings. The van der Waals surface area contributed by atoms with Crippen molar-refractivity contribution in [2.75, 3.05) is 0 Å². The van der Waals surface area contributed by atoms with Gasteiger partial charge in [-0.2, -0.15) is 0 Å². The molecule has 2 nitrogen and oxygen atoms in total. The standard InChI is InChI=1S/C19H28N2/c1-3-4-5-6-7-10-16(2)21-15-18-12-8-11-17-13-9-14-20-19(17)18/h8-9,11-14,16,21H,3-7,10,15H2,1-2H3. The third-order valence-corrected chi connectivity index (χ3v) is 4.10. The number of fused-ring (bicyclic) bond motifs is 1. The predicted octanol–water partition coefficient (Wildman–Crippen LogP) is 5.07. The van der Waals surface area contributed by atoms with Gasteiger partial charge in [-0.1, -0.05) is 63.3 Å². The summed E-state index contributed by atoms with van der Waals surface area (Å²) < 4.78 is 0. The van der Waals surface area contributed by atoms with Crippen molar-refractivity contribution in [3.05, 3.63) is 42.1 Å². The van der Waals surface area contributed by atoms with Crippen molar-refractivity contribution >= 4 is 10.9 Å². The Balaban J connectivity index is 1.79. The smallest absolute Gasteiger partial charge is 0.0746 e. The molecule has 0 radical (unpaired) electrons. The molecular weight excluding hydrogens is 256 g/mol. The Morgan fingerprint density at radius 2 is 1.86 bits per heavy atom. The van der Waals surface area contributed by atoms with E-state index in [9.17, 15) is 0 Å². The molecule has 0 amide bonds. The molecule has 0 bridgehead atoms. The lowest BCUT2D eigenvalue weighted by Crippen LogP contribution is -2.25. The Hall–Kier alpha value is -1.41. The minimum Gasteiger partial charge on any atom is -0.310 e. The molecule has 0 aliphatic rings. The fraction of sp³-hybridized carbons (Fsp3) is 0.526. The van der Waals surface area contributed by atoms with E-state index in [4.69, 9.17) is 0 Å². The molecule has 1 aromatic carbocycles. The van der Waals surface area contributed by atoms with E-state index in [1.807, 2.05) is 12.3 Å². The first-order valence-electron chi connectivity index (χ1n) is 8.37. The number of hydrogen-bond acceptors (Lipinski definition) is 2. The molecule has 0 saturated carbocycles. The number of nitrogens with zero attached hydrogens (tertiary/aromatic N) is 1. The molecule has 0 saturated heterocycles. The molecule has 1 aromatic heterocycles. The Kier molecular flexibility index (Phi) is 6.68. The van der Waals surface area contributed by atoms with Crippen LogP contribution in [-0.4, -0.2) is 11.0 Å². The first-order valence-corrected chi connectivity index (χ1v) is 8.37. The van der Waals surface area contributed by atoms with Crippen LogP contribution in [-0.2, 0) is 6.54 Å². The van der Waals surface area contributed by atoms with Gasteiger partial charge in [0.1, 0.15) is 0 Å². The van der Waals surface area contributed by atoms with Crippen LogP contribution in [0.3, 0.4) is 0 Å². The van der Waals surface area contributed by atoms with Gasteiger partial charge in [-0.3, -0.25) is 4.98 Å². The van der Waals surface area contributed by atoms with Crippen LogP contribution >= 0.6 is 0 Å². The second kappa shape index (κ2) is 8.78. The Bertz CT molecular complexity index is 531. The van der Waals surface area contributed by atoms with Gasteiger partial charge >= 0.3 is 0 Å². The molecule has 0 fully saturated rings. The third-order valence-electron chi connectivity index (χ3n) is 4.10. The van der Waals surface area contributed by atoms with Crippen molar-refractivity contribution in [2.45, 2.75) is 65.0 Å². The van der Waals surface area contributed by atoms with E-state index in [1.54, 1.807) is 0 Å². The Morgan fingerprint density at radius 1 is 1.05 bits per heavy atom. The van der Waals surface area contributed by atoms with E-state index < -0.39 is 0 Å². The second-order valence-electron chi connectivity index (χ2n) is 5.98. The maximum atomic E-state index is 4.51. The molecule has 1 atom stereocenters. The highest BCUT2D eigenvalue weighted by molar-refractivity contribution is 5.81. The lowest BCUT2D eigenvalue weighted by atomic mass is 10.1. The van der Waals surface area contributed by atoms with E-state index in [0.29, 0.717) is 6.04 Å². The summed E-state index contributed by atoms with van der Waals surface area (Å²) >= 11 is 0. The zero-order valence-electron chi connectivity index (χ0n) is 13.4. The highest BCUT2D eigenvalue weighted by atomic mass is 14.9. The van der Waals surface area contributed by atoms with Crippen molar-refractivity contribution < 1.29 is 0 Å². The van der Waals surface area contributed by atoms with E-state index in [1.165, 1.54) is 49.5 Å². The molecule has 1 heterocycles. The van der Waals surface area contributed by atoms with Gasteiger partial charge in [0.2, 0.25) is 0 Å². The molecule has 1 unspecified atom stereocenters. The van der Waals surface area contributed by atoms with E-state index in [-0.39, 0.29) is 0 Å². The number of nitrogens with one attached hydrogen (secondary N) is 1. The van der Waals surface area contributed by atoms with Crippen LogP contribution in [0.4, 0.5) is 0 Å². The number of aromatic nitrogens is 1. The Morgan fingerprint density at radius 3 is 2.71 bits per heavy atom. The van der Waals surface area contributed by atoms with Crippen molar-refractivity contribution in [1.29, 1.82) is 0 Å². The summed E-state index contributed by atoms with van der Waals surface area (Å²) in [5, 5.41) is 4.87. The molecular formula is C19H28N2. The SMILES string of the molecule is CCCCCCCC(C)NCc1cccc2cccnc12. The van der Waals surface area contributed by atoms with Gasteiger partial charge in [-0.25, -0.2) is 0 Å². The number of para-hydroxylation sites is 1. The van der Waals surface area contributed by atoms with Gasteiger partial charge in [0.25, 0.3) is 0 Å². The number of hydrogen-bond donors (Lipinski definition) is 1. The summed E-state index contributed by atoms with van der Waals surface area (Å²) in [5.41, 5.74) is 2.42. The van der Waals surface area contributed by atoms with Gasteiger partial charge in [0, 0.05) is 24.2 Å².